The van der Waals surface area contributed by atoms with Crippen molar-refractivity contribution in [1.82, 2.24) is 0 Å². The zero-order valence-electron chi connectivity index (χ0n) is 34.4. The lowest BCUT2D eigenvalue weighted by Crippen LogP contribution is -2.59. The Morgan fingerprint density at radius 3 is 1.69 bits per heavy atom. The van der Waals surface area contributed by atoms with Crippen LogP contribution in [0.4, 0.5) is 0 Å². The summed E-state index contributed by atoms with van der Waals surface area (Å²) in [5.74, 6) is -0.337. The standard InChI is InChI=1S/C46H78O9/c1-3-5-7-9-11-13-15-17-18-19-20-21-22-23-24-26-28-30-32-34-36-52-38-40(39-53-46-45(51)44(50)43(49)41(37-47)55-46)54-42(48)35-33-31-29-27-25-16-14-12-10-8-6-4-2/h5,7,11-14,17-18,20-21,23-24,40-41,43-47,49-51H,3-4,6,8-10,15-16,19,22,25-39H2,1-2H3/b7-5-,13-11-,14-12-,18-17-,21-20-,24-23-. The molecule has 0 aliphatic carbocycles. The number of allylic oxidation sites excluding steroid dienone is 12. The molecule has 316 valence electrons. The van der Waals surface area contributed by atoms with Crippen molar-refractivity contribution >= 4 is 5.97 Å². The van der Waals surface area contributed by atoms with Gasteiger partial charge in [0.2, 0.25) is 0 Å². The highest BCUT2D eigenvalue weighted by molar-refractivity contribution is 5.69. The van der Waals surface area contributed by atoms with Crippen molar-refractivity contribution in [3.63, 3.8) is 0 Å². The zero-order valence-corrected chi connectivity index (χ0v) is 34.4. The summed E-state index contributed by atoms with van der Waals surface area (Å²) >= 11 is 0. The molecule has 55 heavy (non-hydrogen) atoms. The maximum absolute atomic E-state index is 12.7. The van der Waals surface area contributed by atoms with Crippen molar-refractivity contribution in [2.45, 2.75) is 185 Å². The lowest BCUT2D eigenvalue weighted by atomic mass is 9.99. The van der Waals surface area contributed by atoms with Crippen molar-refractivity contribution in [3.05, 3.63) is 72.9 Å². The molecular formula is C46H78O9. The van der Waals surface area contributed by atoms with Gasteiger partial charge in [0.15, 0.2) is 6.29 Å². The summed E-state index contributed by atoms with van der Waals surface area (Å²) in [6, 6.07) is 0. The van der Waals surface area contributed by atoms with E-state index in [0.717, 1.165) is 103 Å². The minimum Gasteiger partial charge on any atom is -0.457 e. The summed E-state index contributed by atoms with van der Waals surface area (Å²) in [5.41, 5.74) is 0. The van der Waals surface area contributed by atoms with Gasteiger partial charge in [0.05, 0.1) is 19.8 Å². The third-order valence-corrected chi connectivity index (χ3v) is 9.36. The smallest absolute Gasteiger partial charge is 0.306 e. The molecule has 0 aromatic rings. The van der Waals surface area contributed by atoms with Crippen LogP contribution in [0.15, 0.2) is 72.9 Å². The van der Waals surface area contributed by atoms with Gasteiger partial charge in [-0.25, -0.2) is 0 Å². The van der Waals surface area contributed by atoms with Crippen LogP contribution in [-0.4, -0.2) is 89.6 Å². The average molecular weight is 775 g/mol. The van der Waals surface area contributed by atoms with Gasteiger partial charge in [-0.2, -0.15) is 0 Å². The molecule has 0 aromatic heterocycles. The van der Waals surface area contributed by atoms with E-state index in [1.165, 1.54) is 25.7 Å². The van der Waals surface area contributed by atoms with Gasteiger partial charge in [-0.3, -0.25) is 4.79 Å². The van der Waals surface area contributed by atoms with Gasteiger partial charge in [0.1, 0.15) is 30.5 Å². The van der Waals surface area contributed by atoms with Gasteiger partial charge in [0, 0.05) is 13.0 Å². The van der Waals surface area contributed by atoms with Gasteiger partial charge >= 0.3 is 5.97 Å². The molecule has 0 spiro atoms. The van der Waals surface area contributed by atoms with E-state index in [0.29, 0.717) is 13.0 Å². The molecule has 1 saturated heterocycles. The van der Waals surface area contributed by atoms with Crippen molar-refractivity contribution in [1.29, 1.82) is 0 Å². The Labute approximate surface area is 334 Å². The second-order valence-electron chi connectivity index (χ2n) is 14.4. The summed E-state index contributed by atoms with van der Waals surface area (Å²) in [6.45, 7) is 4.32. The fourth-order valence-electron chi connectivity index (χ4n) is 5.98. The maximum Gasteiger partial charge on any atom is 0.306 e. The number of hydrogen-bond acceptors (Lipinski definition) is 9. The lowest BCUT2D eigenvalue weighted by molar-refractivity contribution is -0.305. The van der Waals surface area contributed by atoms with E-state index in [9.17, 15) is 25.2 Å². The first-order valence-electron chi connectivity index (χ1n) is 21.5. The van der Waals surface area contributed by atoms with E-state index in [4.69, 9.17) is 18.9 Å². The SMILES string of the molecule is CC/C=C\C/C=C\C/C=C\C/C=C\C/C=C\CCCCCCOCC(COC1OC(CO)C(O)C(O)C1O)OC(=O)CCCCCCC/C=C\CCCCC. The van der Waals surface area contributed by atoms with Crippen molar-refractivity contribution < 1.29 is 44.2 Å². The normalized spacial score (nSPS) is 21.5. The minimum absolute atomic E-state index is 0.120. The van der Waals surface area contributed by atoms with Crippen LogP contribution in [0.3, 0.4) is 0 Å². The predicted molar refractivity (Wildman–Crippen MR) is 224 cm³/mol. The van der Waals surface area contributed by atoms with Crippen LogP contribution >= 0.6 is 0 Å². The molecule has 6 atom stereocenters. The van der Waals surface area contributed by atoms with Crippen LogP contribution in [-0.2, 0) is 23.7 Å². The second-order valence-corrected chi connectivity index (χ2v) is 14.4. The number of ether oxygens (including phenoxy) is 4. The van der Waals surface area contributed by atoms with Crippen LogP contribution in [0.25, 0.3) is 0 Å². The first kappa shape index (κ1) is 50.6. The lowest BCUT2D eigenvalue weighted by Gasteiger charge is -2.39. The Hall–Kier alpha value is -2.37. The highest BCUT2D eigenvalue weighted by Gasteiger charge is 2.44. The number of esters is 1. The fourth-order valence-corrected chi connectivity index (χ4v) is 5.98. The molecule has 0 saturated carbocycles. The number of aliphatic hydroxyl groups excluding tert-OH is 4. The number of unbranched alkanes of at least 4 members (excludes halogenated alkanes) is 12. The van der Waals surface area contributed by atoms with Gasteiger partial charge in [0.25, 0.3) is 0 Å². The van der Waals surface area contributed by atoms with Gasteiger partial charge in [-0.1, -0.05) is 132 Å². The molecule has 0 aromatic carbocycles. The minimum atomic E-state index is -1.55. The molecule has 1 fully saturated rings. The Morgan fingerprint density at radius 1 is 0.600 bits per heavy atom. The zero-order chi connectivity index (χ0) is 40.0. The Morgan fingerprint density at radius 2 is 1.11 bits per heavy atom. The maximum atomic E-state index is 12.7. The number of carbonyl (C=O) groups is 1. The van der Waals surface area contributed by atoms with Crippen LogP contribution in [0.1, 0.15) is 149 Å². The molecular weight excluding hydrogens is 696 g/mol. The molecule has 0 bridgehead atoms. The average Bonchev–Trinajstić information content (AvgIpc) is 3.18. The molecule has 9 nitrogen and oxygen atoms in total. The first-order chi connectivity index (χ1) is 26.9. The molecule has 1 aliphatic heterocycles. The van der Waals surface area contributed by atoms with E-state index < -0.39 is 43.4 Å². The third-order valence-electron chi connectivity index (χ3n) is 9.36. The summed E-state index contributed by atoms with van der Waals surface area (Å²) in [7, 11) is 0. The Bertz CT molecular complexity index is 1060. The van der Waals surface area contributed by atoms with Crippen LogP contribution in [0.5, 0.6) is 0 Å². The molecule has 6 unspecified atom stereocenters. The topological polar surface area (TPSA) is 135 Å². The Balaban J connectivity index is 2.31. The van der Waals surface area contributed by atoms with E-state index in [-0.39, 0.29) is 19.2 Å². The fraction of sp³-hybridized carbons (Fsp3) is 0.717. The van der Waals surface area contributed by atoms with E-state index in [2.05, 4.69) is 86.8 Å². The summed E-state index contributed by atoms with van der Waals surface area (Å²) < 4.78 is 22.7. The molecule has 0 amide bonds. The van der Waals surface area contributed by atoms with Crippen molar-refractivity contribution in [3.8, 4) is 0 Å². The number of aliphatic hydroxyl groups is 4. The highest BCUT2D eigenvalue weighted by Crippen LogP contribution is 2.22. The quantitative estimate of drug-likeness (QED) is 0.0282. The third kappa shape index (κ3) is 28.6. The monoisotopic (exact) mass is 775 g/mol. The summed E-state index contributed by atoms with van der Waals surface area (Å²) in [5, 5.41) is 40.0. The van der Waals surface area contributed by atoms with Gasteiger partial charge in [-0.15, -0.1) is 0 Å². The molecule has 1 rings (SSSR count). The second kappa shape index (κ2) is 37.2. The van der Waals surface area contributed by atoms with E-state index in [1.54, 1.807) is 0 Å². The van der Waals surface area contributed by atoms with Gasteiger partial charge in [-0.05, 0) is 83.5 Å². The molecule has 1 heterocycles. The van der Waals surface area contributed by atoms with Gasteiger partial charge < -0.3 is 39.4 Å². The van der Waals surface area contributed by atoms with Crippen LogP contribution in [0, 0.1) is 0 Å². The van der Waals surface area contributed by atoms with E-state index >= 15 is 0 Å². The van der Waals surface area contributed by atoms with Crippen molar-refractivity contribution in [2.24, 2.45) is 0 Å². The highest BCUT2D eigenvalue weighted by atomic mass is 16.7. The number of hydrogen-bond donors (Lipinski definition) is 4. The molecule has 1 aliphatic rings. The predicted octanol–water partition coefficient (Wildman–Crippen LogP) is 9.30. The summed E-state index contributed by atoms with van der Waals surface area (Å²) in [4.78, 5) is 12.7. The number of carbonyl (C=O) groups excluding carboxylic acids is 1. The first-order valence-corrected chi connectivity index (χ1v) is 21.5. The van der Waals surface area contributed by atoms with E-state index in [1.807, 2.05) is 0 Å². The summed E-state index contributed by atoms with van der Waals surface area (Å²) in [6.07, 6.45) is 40.7. The number of rotatable bonds is 35. The molecule has 9 heteroatoms. The van der Waals surface area contributed by atoms with Crippen LogP contribution < -0.4 is 0 Å². The van der Waals surface area contributed by atoms with Crippen LogP contribution in [0.2, 0.25) is 0 Å². The largest absolute Gasteiger partial charge is 0.457 e. The molecule has 4 N–H and O–H groups in total. The molecule has 0 radical (unpaired) electrons. The van der Waals surface area contributed by atoms with Crippen molar-refractivity contribution in [2.75, 3.05) is 26.4 Å². The Kier molecular flexibility index (Phi) is 34.3.